The maximum atomic E-state index is 13.6. The number of carbonyl (C=O) groups is 3. The van der Waals surface area contributed by atoms with Crippen molar-refractivity contribution in [2.45, 2.75) is 31.1 Å². The Bertz CT molecular complexity index is 1440. The number of non-ortho nitro benzene ring substituents is 1. The van der Waals surface area contributed by atoms with Crippen molar-refractivity contribution in [3.8, 4) is 0 Å². The maximum absolute atomic E-state index is 13.6. The SMILES string of the molecule is O=C1[C@H]2[C@@H]3C[C@@H](CN3C(=O)NCc3ccc(F)cc3)N2C(=O)N1c1ccc([N+](=O)[O-])c2ccccc12. The second-order valence-electron chi connectivity index (χ2n) is 9.11. The van der Waals surface area contributed by atoms with Gasteiger partial charge in [-0.15, -0.1) is 0 Å². The molecule has 2 bridgehead atoms. The highest BCUT2D eigenvalue weighted by Gasteiger charge is 2.63. The van der Waals surface area contributed by atoms with Gasteiger partial charge < -0.3 is 15.1 Å². The molecule has 3 saturated heterocycles. The lowest BCUT2D eigenvalue weighted by Gasteiger charge is -2.34. The van der Waals surface area contributed by atoms with E-state index in [1.807, 2.05) is 0 Å². The van der Waals surface area contributed by atoms with Crippen LogP contribution < -0.4 is 10.2 Å². The number of fused-ring (bicyclic) bond motifs is 6. The van der Waals surface area contributed by atoms with E-state index in [9.17, 15) is 28.9 Å². The normalized spacial score (nSPS) is 22.5. The molecule has 0 saturated carbocycles. The average molecular weight is 489 g/mol. The molecule has 3 aliphatic heterocycles. The topological polar surface area (TPSA) is 116 Å². The lowest BCUT2D eigenvalue weighted by molar-refractivity contribution is -0.383. The lowest BCUT2D eigenvalue weighted by atomic mass is 10.0. The van der Waals surface area contributed by atoms with Crippen molar-refractivity contribution >= 4 is 40.1 Å². The Balaban J connectivity index is 1.26. The Kier molecular flexibility index (Phi) is 4.88. The van der Waals surface area contributed by atoms with Crippen LogP contribution >= 0.6 is 0 Å². The van der Waals surface area contributed by atoms with Gasteiger partial charge in [0.25, 0.3) is 11.6 Å². The van der Waals surface area contributed by atoms with Crippen LogP contribution in [0.25, 0.3) is 10.8 Å². The fourth-order valence-electron chi connectivity index (χ4n) is 5.62. The van der Waals surface area contributed by atoms with E-state index in [0.29, 0.717) is 23.7 Å². The number of halogens is 1. The van der Waals surface area contributed by atoms with Crippen LogP contribution in [0.4, 0.5) is 25.4 Å². The molecular weight excluding hydrogens is 469 g/mol. The van der Waals surface area contributed by atoms with Crippen LogP contribution in [0, 0.1) is 15.9 Å². The van der Waals surface area contributed by atoms with Crippen LogP contribution in [0.5, 0.6) is 0 Å². The zero-order valence-corrected chi connectivity index (χ0v) is 18.8. The van der Waals surface area contributed by atoms with Gasteiger partial charge in [0.2, 0.25) is 0 Å². The van der Waals surface area contributed by atoms with Gasteiger partial charge in [-0.05, 0) is 36.2 Å². The molecule has 3 atom stereocenters. The van der Waals surface area contributed by atoms with E-state index in [0.717, 1.165) is 10.5 Å². The average Bonchev–Trinajstić information content (AvgIpc) is 3.54. The van der Waals surface area contributed by atoms with E-state index in [4.69, 9.17) is 0 Å². The second-order valence-corrected chi connectivity index (χ2v) is 9.11. The van der Waals surface area contributed by atoms with Gasteiger partial charge in [-0.3, -0.25) is 14.9 Å². The van der Waals surface area contributed by atoms with Crippen molar-refractivity contribution in [1.82, 2.24) is 15.1 Å². The molecule has 36 heavy (non-hydrogen) atoms. The molecule has 11 heteroatoms. The van der Waals surface area contributed by atoms with E-state index >= 15 is 0 Å². The molecule has 0 radical (unpaired) electrons. The number of anilines is 1. The summed E-state index contributed by atoms with van der Waals surface area (Å²) in [5.41, 5.74) is 0.907. The summed E-state index contributed by atoms with van der Waals surface area (Å²) in [6.45, 7) is 0.499. The number of imide groups is 1. The first-order chi connectivity index (χ1) is 17.3. The van der Waals surface area contributed by atoms with Crippen molar-refractivity contribution in [3.05, 3.63) is 82.2 Å². The molecule has 0 spiro atoms. The Morgan fingerprint density at radius 2 is 1.78 bits per heavy atom. The van der Waals surface area contributed by atoms with Gasteiger partial charge in [-0.2, -0.15) is 0 Å². The van der Waals surface area contributed by atoms with E-state index in [1.54, 1.807) is 41.3 Å². The van der Waals surface area contributed by atoms with Gasteiger partial charge >= 0.3 is 12.1 Å². The van der Waals surface area contributed by atoms with E-state index < -0.39 is 28.9 Å². The molecule has 5 amide bonds. The molecule has 6 rings (SSSR count). The number of benzene rings is 3. The zero-order chi connectivity index (χ0) is 25.1. The molecule has 3 heterocycles. The van der Waals surface area contributed by atoms with Gasteiger partial charge in [-0.25, -0.2) is 18.9 Å². The van der Waals surface area contributed by atoms with Crippen molar-refractivity contribution < 1.29 is 23.7 Å². The molecule has 182 valence electrons. The third-order valence-electron chi connectivity index (χ3n) is 7.20. The van der Waals surface area contributed by atoms with Crippen molar-refractivity contribution in [2.75, 3.05) is 11.4 Å². The van der Waals surface area contributed by atoms with E-state index in [1.165, 1.54) is 29.2 Å². The van der Waals surface area contributed by atoms with Crippen LogP contribution in [0.15, 0.2) is 60.7 Å². The van der Waals surface area contributed by atoms with E-state index in [2.05, 4.69) is 5.32 Å². The molecule has 0 aromatic heterocycles. The summed E-state index contributed by atoms with van der Waals surface area (Å²) in [7, 11) is 0. The van der Waals surface area contributed by atoms with Crippen LogP contribution in [-0.2, 0) is 11.3 Å². The number of nitro benzene ring substituents is 1. The molecule has 10 nitrogen and oxygen atoms in total. The van der Waals surface area contributed by atoms with Crippen LogP contribution in [0.2, 0.25) is 0 Å². The Labute approximate surface area is 204 Å². The first-order valence-corrected chi connectivity index (χ1v) is 11.5. The number of urea groups is 2. The Morgan fingerprint density at radius 1 is 1.06 bits per heavy atom. The number of hydrogen-bond acceptors (Lipinski definition) is 5. The first-order valence-electron chi connectivity index (χ1n) is 11.5. The fourth-order valence-corrected chi connectivity index (χ4v) is 5.62. The fraction of sp³-hybridized carbons (Fsp3) is 0.240. The summed E-state index contributed by atoms with van der Waals surface area (Å²) in [6, 6.07) is 12.7. The van der Waals surface area contributed by atoms with Gasteiger partial charge in [0.15, 0.2) is 0 Å². The van der Waals surface area contributed by atoms with Gasteiger partial charge in [0, 0.05) is 24.5 Å². The predicted octanol–water partition coefficient (Wildman–Crippen LogP) is 3.39. The van der Waals surface area contributed by atoms with Crippen molar-refractivity contribution in [2.24, 2.45) is 0 Å². The minimum absolute atomic E-state index is 0.113. The Morgan fingerprint density at radius 3 is 2.50 bits per heavy atom. The summed E-state index contributed by atoms with van der Waals surface area (Å²) < 4.78 is 13.1. The number of nitrogens with zero attached hydrogens (tertiary/aromatic N) is 4. The predicted molar refractivity (Wildman–Crippen MR) is 127 cm³/mol. The van der Waals surface area contributed by atoms with Gasteiger partial charge in [0.1, 0.15) is 11.9 Å². The van der Waals surface area contributed by atoms with Crippen LogP contribution in [-0.4, -0.2) is 57.4 Å². The highest BCUT2D eigenvalue weighted by Crippen LogP contribution is 2.44. The van der Waals surface area contributed by atoms with Gasteiger partial charge in [0.05, 0.1) is 28.1 Å². The molecule has 3 aromatic rings. The summed E-state index contributed by atoms with van der Waals surface area (Å²) in [5, 5.41) is 15.0. The molecule has 3 aliphatic rings. The molecular formula is C25H20FN5O5. The van der Waals surface area contributed by atoms with Crippen LogP contribution in [0.1, 0.15) is 12.0 Å². The number of nitro groups is 1. The summed E-state index contributed by atoms with van der Waals surface area (Å²) in [4.78, 5) is 55.1. The number of nitrogens with one attached hydrogen (secondary N) is 1. The second kappa shape index (κ2) is 8.01. The zero-order valence-electron chi connectivity index (χ0n) is 18.8. The number of amides is 5. The molecule has 3 fully saturated rings. The molecule has 0 unspecified atom stereocenters. The van der Waals surface area contributed by atoms with Crippen molar-refractivity contribution in [1.29, 1.82) is 0 Å². The number of hydrogen-bond donors (Lipinski definition) is 1. The maximum Gasteiger partial charge on any atom is 0.332 e. The summed E-state index contributed by atoms with van der Waals surface area (Å²) in [6.07, 6.45) is 0.501. The molecule has 0 aliphatic carbocycles. The smallest absolute Gasteiger partial charge is 0.332 e. The van der Waals surface area contributed by atoms with Gasteiger partial charge in [-0.1, -0.05) is 30.3 Å². The number of piperazine rings is 1. The quantitative estimate of drug-likeness (QED) is 0.343. The summed E-state index contributed by atoms with van der Waals surface area (Å²) in [5.74, 6) is -0.820. The molecule has 3 aromatic carbocycles. The lowest BCUT2D eigenvalue weighted by Crippen LogP contribution is -2.56. The highest BCUT2D eigenvalue weighted by atomic mass is 19.1. The van der Waals surface area contributed by atoms with Crippen LogP contribution in [0.3, 0.4) is 0 Å². The minimum atomic E-state index is -0.818. The first kappa shape index (κ1) is 22.0. The Hall–Kier alpha value is -4.54. The number of carbonyl (C=O) groups excluding carboxylic acids is 3. The van der Waals surface area contributed by atoms with E-state index in [-0.39, 0.29) is 35.8 Å². The highest BCUT2D eigenvalue weighted by molar-refractivity contribution is 6.25. The largest absolute Gasteiger partial charge is 0.334 e. The third kappa shape index (κ3) is 3.19. The molecule has 1 N–H and O–H groups in total. The minimum Gasteiger partial charge on any atom is -0.334 e. The summed E-state index contributed by atoms with van der Waals surface area (Å²) >= 11 is 0. The number of rotatable bonds is 4. The third-order valence-corrected chi connectivity index (χ3v) is 7.20. The van der Waals surface area contributed by atoms with Crippen molar-refractivity contribution in [3.63, 3.8) is 0 Å². The number of likely N-dealkylation sites (tertiary alicyclic amines) is 1. The monoisotopic (exact) mass is 489 g/mol. The standard InChI is InChI=1S/C25H20FN5O5/c26-15-7-5-14(6-8-15)12-27-24(33)28-13-16-11-21(28)22-23(32)30(25(34)29(16)22)19-9-10-20(31(35)36)18-4-2-1-3-17(18)19/h1-10,16,21-22H,11-13H2,(H,27,33)/t16-,21-,22+/m0/s1.